The van der Waals surface area contributed by atoms with Gasteiger partial charge in [-0.25, -0.2) is 0 Å². The molecule has 1 amide bonds. The van der Waals surface area contributed by atoms with Crippen LogP contribution in [0.1, 0.15) is 63.0 Å². The number of anilines is 3. The molecule has 1 saturated heterocycles. The number of hydrogen-bond acceptors (Lipinski definition) is 4. The van der Waals surface area contributed by atoms with E-state index in [0.717, 1.165) is 41.0 Å². The van der Waals surface area contributed by atoms with E-state index in [1.807, 2.05) is 25.1 Å². The number of amides is 1. The number of nitrogen functional groups attached to an aromatic ring is 1. The number of rotatable bonds is 5. The van der Waals surface area contributed by atoms with Crippen LogP contribution >= 0.6 is 0 Å². The number of nitrogens with zero attached hydrogens (tertiary/aromatic N) is 1. The summed E-state index contributed by atoms with van der Waals surface area (Å²) in [6, 6.07) is 14.1. The number of likely N-dealkylation sites (tertiary alicyclic amines) is 1. The van der Waals surface area contributed by atoms with E-state index < -0.39 is 0 Å². The summed E-state index contributed by atoms with van der Waals surface area (Å²) < 4.78 is 0. The maximum atomic E-state index is 12.5. The summed E-state index contributed by atoms with van der Waals surface area (Å²) in [7, 11) is 0. The number of fused-ring (bicyclic) bond motifs is 1. The summed E-state index contributed by atoms with van der Waals surface area (Å²) in [4.78, 5) is 15.1. The first kappa shape index (κ1) is 22.0. The minimum absolute atomic E-state index is 0.0890. The van der Waals surface area contributed by atoms with E-state index in [4.69, 9.17) is 5.73 Å². The van der Waals surface area contributed by atoms with Gasteiger partial charge in [-0.2, -0.15) is 0 Å². The van der Waals surface area contributed by atoms with Crippen LogP contribution in [0.25, 0.3) is 5.57 Å². The zero-order valence-corrected chi connectivity index (χ0v) is 19.7. The fourth-order valence-electron chi connectivity index (χ4n) is 5.98. The number of nitrogens with one attached hydrogen (secondary N) is 2. The zero-order chi connectivity index (χ0) is 22.8. The molecule has 0 atom stereocenters. The second kappa shape index (κ2) is 9.60. The normalized spacial score (nSPS) is 21.5. The van der Waals surface area contributed by atoms with Crippen molar-refractivity contribution in [3.63, 3.8) is 0 Å². The Labute approximate surface area is 197 Å². The second-order valence-corrected chi connectivity index (χ2v) is 10.1. The molecular formula is C28H36N4O. The lowest BCUT2D eigenvalue weighted by Crippen LogP contribution is -2.36. The first-order chi connectivity index (χ1) is 16.1. The maximum absolute atomic E-state index is 12.5. The largest absolute Gasteiger partial charge is 0.399 e. The second-order valence-electron chi connectivity index (χ2n) is 10.1. The highest BCUT2D eigenvalue weighted by atomic mass is 16.2. The molecule has 2 heterocycles. The van der Waals surface area contributed by atoms with Crippen molar-refractivity contribution in [2.45, 2.75) is 58.4 Å². The summed E-state index contributed by atoms with van der Waals surface area (Å²) in [6.45, 7) is 5.42. The molecule has 2 aliphatic heterocycles. The van der Waals surface area contributed by atoms with Crippen LogP contribution in [-0.2, 0) is 11.3 Å². The number of piperidine rings is 1. The summed E-state index contributed by atoms with van der Waals surface area (Å²) in [5.74, 6) is 1.86. The number of benzene rings is 2. The summed E-state index contributed by atoms with van der Waals surface area (Å²) in [5, 5.41) is 6.33. The predicted octanol–water partition coefficient (Wildman–Crippen LogP) is 5.86. The minimum Gasteiger partial charge on any atom is -0.399 e. The highest BCUT2D eigenvalue weighted by Gasteiger charge is 2.28. The average Bonchev–Trinajstić information content (AvgIpc) is 3.16. The molecule has 0 bridgehead atoms. The Morgan fingerprint density at radius 1 is 1.00 bits per heavy atom. The molecule has 5 rings (SSSR count). The maximum Gasteiger partial charge on any atom is 0.258 e. The predicted molar refractivity (Wildman–Crippen MR) is 137 cm³/mol. The van der Waals surface area contributed by atoms with Crippen LogP contribution in [0.3, 0.4) is 0 Å². The molecule has 1 saturated carbocycles. The fraction of sp³-hybridized carbons (Fsp3) is 0.464. The van der Waals surface area contributed by atoms with Crippen molar-refractivity contribution in [3.8, 4) is 0 Å². The van der Waals surface area contributed by atoms with E-state index in [1.54, 1.807) is 0 Å². The van der Waals surface area contributed by atoms with Crippen molar-refractivity contribution in [3.05, 3.63) is 59.3 Å². The summed E-state index contributed by atoms with van der Waals surface area (Å²) in [5.41, 5.74) is 12.1. The molecule has 2 aromatic carbocycles. The lowest BCUT2D eigenvalue weighted by molar-refractivity contribution is -0.110. The van der Waals surface area contributed by atoms with Crippen LogP contribution in [0.2, 0.25) is 0 Å². The molecule has 0 spiro atoms. The van der Waals surface area contributed by atoms with Gasteiger partial charge in [0.2, 0.25) is 0 Å². The first-order valence-corrected chi connectivity index (χ1v) is 12.6. The fourth-order valence-corrected chi connectivity index (χ4v) is 5.98. The van der Waals surface area contributed by atoms with Gasteiger partial charge in [-0.1, -0.05) is 44.2 Å². The molecule has 174 valence electrons. The van der Waals surface area contributed by atoms with E-state index in [2.05, 4.69) is 39.8 Å². The SMILES string of the molecule is CC(Nc1ccc(CN2CCC(C3CCCCC3)CC2)cc1)=C1C(=O)Nc2ccc(N)cc21. The van der Waals surface area contributed by atoms with Gasteiger partial charge in [0.25, 0.3) is 5.91 Å². The Hall–Kier alpha value is -2.79. The van der Waals surface area contributed by atoms with Crippen molar-refractivity contribution in [2.24, 2.45) is 11.8 Å². The van der Waals surface area contributed by atoms with Crippen LogP contribution in [0.5, 0.6) is 0 Å². The van der Waals surface area contributed by atoms with Crippen molar-refractivity contribution in [2.75, 3.05) is 29.5 Å². The van der Waals surface area contributed by atoms with Crippen LogP contribution in [0, 0.1) is 11.8 Å². The van der Waals surface area contributed by atoms with Crippen molar-refractivity contribution >= 4 is 28.5 Å². The lowest BCUT2D eigenvalue weighted by atomic mass is 9.76. The third-order valence-electron chi connectivity index (χ3n) is 7.80. The van der Waals surface area contributed by atoms with Crippen LogP contribution < -0.4 is 16.4 Å². The Bertz CT molecular complexity index is 1030. The van der Waals surface area contributed by atoms with Crippen LogP contribution in [-0.4, -0.2) is 23.9 Å². The van der Waals surface area contributed by atoms with Gasteiger partial charge >= 0.3 is 0 Å². The quantitative estimate of drug-likeness (QED) is 0.399. The Balaban J connectivity index is 1.18. The third-order valence-corrected chi connectivity index (χ3v) is 7.80. The highest BCUT2D eigenvalue weighted by Crippen LogP contribution is 2.37. The zero-order valence-electron chi connectivity index (χ0n) is 19.7. The number of allylic oxidation sites excluding steroid dienone is 1. The Kier molecular flexibility index (Phi) is 6.41. The van der Waals surface area contributed by atoms with E-state index >= 15 is 0 Å². The summed E-state index contributed by atoms with van der Waals surface area (Å²) >= 11 is 0. The number of carbonyl (C=O) groups excluding carboxylic acids is 1. The van der Waals surface area contributed by atoms with Gasteiger partial charge in [-0.05, 0) is 80.6 Å². The number of carbonyl (C=O) groups is 1. The van der Waals surface area contributed by atoms with Gasteiger partial charge < -0.3 is 16.4 Å². The third kappa shape index (κ3) is 4.93. The molecule has 2 fully saturated rings. The van der Waals surface area contributed by atoms with Gasteiger partial charge in [0.15, 0.2) is 0 Å². The molecule has 2 aromatic rings. The molecule has 0 radical (unpaired) electrons. The molecule has 4 N–H and O–H groups in total. The highest BCUT2D eigenvalue weighted by molar-refractivity contribution is 6.32. The molecule has 0 unspecified atom stereocenters. The number of nitrogens with two attached hydrogens (primary N) is 1. The molecule has 5 nitrogen and oxygen atoms in total. The molecule has 3 aliphatic rings. The summed E-state index contributed by atoms with van der Waals surface area (Å²) in [6.07, 6.45) is 10.0. The standard InChI is InChI=1S/C28H36N4O/c1-19(27-25-17-23(29)9-12-26(25)31-28(27)33)30-24-10-7-20(8-11-24)18-32-15-13-22(14-16-32)21-5-3-2-4-6-21/h7-12,17,21-22,30H,2-6,13-16,18,29H2,1H3,(H,31,33). The lowest BCUT2D eigenvalue weighted by Gasteiger charge is -2.37. The molecule has 1 aliphatic carbocycles. The van der Waals surface area contributed by atoms with Gasteiger partial charge in [-0.15, -0.1) is 0 Å². The van der Waals surface area contributed by atoms with Crippen molar-refractivity contribution < 1.29 is 4.79 Å². The minimum atomic E-state index is -0.0890. The molecule has 33 heavy (non-hydrogen) atoms. The van der Waals surface area contributed by atoms with Crippen molar-refractivity contribution in [1.29, 1.82) is 0 Å². The van der Waals surface area contributed by atoms with Gasteiger partial charge in [0.05, 0.1) is 5.57 Å². The first-order valence-electron chi connectivity index (χ1n) is 12.6. The Morgan fingerprint density at radius 3 is 2.42 bits per heavy atom. The van der Waals surface area contributed by atoms with Gasteiger partial charge in [-0.3, -0.25) is 9.69 Å². The van der Waals surface area contributed by atoms with Crippen LogP contribution in [0.15, 0.2) is 48.2 Å². The topological polar surface area (TPSA) is 70.4 Å². The average molecular weight is 445 g/mol. The smallest absolute Gasteiger partial charge is 0.258 e. The molecule has 0 aromatic heterocycles. The molecular weight excluding hydrogens is 408 g/mol. The van der Waals surface area contributed by atoms with E-state index in [1.165, 1.54) is 63.6 Å². The Morgan fingerprint density at radius 2 is 1.70 bits per heavy atom. The van der Waals surface area contributed by atoms with Crippen LogP contribution in [0.4, 0.5) is 17.1 Å². The monoisotopic (exact) mass is 444 g/mol. The molecule has 5 heteroatoms. The van der Waals surface area contributed by atoms with E-state index in [-0.39, 0.29) is 5.91 Å². The van der Waals surface area contributed by atoms with Gasteiger partial charge in [0, 0.05) is 34.9 Å². The van der Waals surface area contributed by atoms with E-state index in [0.29, 0.717) is 11.3 Å². The van der Waals surface area contributed by atoms with Crippen molar-refractivity contribution in [1.82, 2.24) is 4.90 Å². The van der Waals surface area contributed by atoms with Gasteiger partial charge in [0.1, 0.15) is 0 Å². The number of hydrogen-bond donors (Lipinski definition) is 3. The van der Waals surface area contributed by atoms with E-state index in [9.17, 15) is 4.79 Å².